The molecule has 0 aliphatic carbocycles. The van der Waals surface area contributed by atoms with Gasteiger partial charge in [-0.3, -0.25) is 4.79 Å². The lowest BCUT2D eigenvalue weighted by atomic mass is 9.86. The van der Waals surface area contributed by atoms with E-state index in [-0.39, 0.29) is 23.3 Å². The smallest absolute Gasteiger partial charge is 0.233 e. The minimum Gasteiger partial charge on any atom is -0.396 e. The highest BCUT2D eigenvalue weighted by atomic mass is 16.5. The molecule has 1 N–H and O–H groups in total. The van der Waals surface area contributed by atoms with Gasteiger partial charge in [0.15, 0.2) is 0 Å². The molecule has 1 atom stereocenters. The lowest BCUT2D eigenvalue weighted by Crippen LogP contribution is -2.53. The maximum atomic E-state index is 12.3. The van der Waals surface area contributed by atoms with Crippen molar-refractivity contribution in [2.75, 3.05) is 46.6 Å². The molecule has 0 radical (unpaired) electrons. The topological polar surface area (TPSA) is 59.0 Å². The molecule has 0 aromatic heterocycles. The number of aliphatic hydroxyl groups is 1. The van der Waals surface area contributed by atoms with Crippen molar-refractivity contribution in [1.29, 1.82) is 0 Å². The second-order valence-corrected chi connectivity index (χ2v) is 5.62. The number of hydrogen-bond acceptors (Lipinski definition) is 4. The first-order valence-corrected chi connectivity index (χ1v) is 6.02. The van der Waals surface area contributed by atoms with Gasteiger partial charge in [-0.2, -0.15) is 0 Å². The van der Waals surface area contributed by atoms with Gasteiger partial charge >= 0.3 is 0 Å². The van der Waals surface area contributed by atoms with E-state index in [0.29, 0.717) is 32.9 Å². The first-order chi connectivity index (χ1) is 8.05. The van der Waals surface area contributed by atoms with Crippen LogP contribution in [0.2, 0.25) is 0 Å². The van der Waals surface area contributed by atoms with E-state index in [4.69, 9.17) is 9.47 Å². The summed E-state index contributed by atoms with van der Waals surface area (Å²) in [4.78, 5) is 14.1. The van der Waals surface area contributed by atoms with Crippen LogP contribution in [0.3, 0.4) is 0 Å². The number of aliphatic hydroxyl groups excluding tert-OH is 1. The molecule has 5 nitrogen and oxygen atoms in total. The lowest BCUT2D eigenvalue weighted by Gasteiger charge is -2.39. The van der Waals surface area contributed by atoms with Crippen LogP contribution in [0.25, 0.3) is 0 Å². The van der Waals surface area contributed by atoms with Crippen molar-refractivity contribution >= 4 is 5.91 Å². The largest absolute Gasteiger partial charge is 0.396 e. The highest BCUT2D eigenvalue weighted by molar-refractivity contribution is 5.83. The van der Waals surface area contributed by atoms with E-state index in [1.807, 2.05) is 11.8 Å². The number of carbonyl (C=O) groups is 1. The first kappa shape index (κ1) is 12.8. The van der Waals surface area contributed by atoms with E-state index < -0.39 is 0 Å². The lowest BCUT2D eigenvalue weighted by molar-refractivity contribution is -0.168. The summed E-state index contributed by atoms with van der Waals surface area (Å²) in [6, 6.07) is 0. The zero-order chi connectivity index (χ0) is 12.5. The van der Waals surface area contributed by atoms with Crippen LogP contribution in [0.4, 0.5) is 0 Å². The molecule has 0 spiro atoms. The SMILES string of the molecule is COCC1(CO)CCN(C(=O)C2(C)COC2)C1. The number of methoxy groups -OCH3 is 1. The minimum absolute atomic E-state index is 0.0673. The third kappa shape index (κ3) is 2.19. The monoisotopic (exact) mass is 243 g/mol. The van der Waals surface area contributed by atoms with Gasteiger partial charge in [0.2, 0.25) is 5.91 Å². The zero-order valence-corrected chi connectivity index (χ0v) is 10.6. The van der Waals surface area contributed by atoms with Crippen LogP contribution in [0.1, 0.15) is 13.3 Å². The van der Waals surface area contributed by atoms with Crippen LogP contribution >= 0.6 is 0 Å². The zero-order valence-electron chi connectivity index (χ0n) is 10.6. The van der Waals surface area contributed by atoms with Crippen molar-refractivity contribution < 1.29 is 19.4 Å². The summed E-state index contributed by atoms with van der Waals surface area (Å²) in [6.45, 7) is 4.83. The Morgan fingerprint density at radius 1 is 1.53 bits per heavy atom. The van der Waals surface area contributed by atoms with Gasteiger partial charge in [-0.25, -0.2) is 0 Å². The van der Waals surface area contributed by atoms with E-state index in [1.165, 1.54) is 0 Å². The van der Waals surface area contributed by atoms with Crippen LogP contribution in [-0.4, -0.2) is 62.5 Å². The number of nitrogens with zero attached hydrogens (tertiary/aromatic N) is 1. The molecule has 0 saturated carbocycles. The summed E-state index contributed by atoms with van der Waals surface area (Å²) in [5.41, 5.74) is -0.621. The van der Waals surface area contributed by atoms with Gasteiger partial charge in [0, 0.05) is 25.6 Å². The molecule has 5 heteroatoms. The molecular weight excluding hydrogens is 222 g/mol. The minimum atomic E-state index is -0.349. The van der Waals surface area contributed by atoms with Crippen molar-refractivity contribution in [2.45, 2.75) is 13.3 Å². The fourth-order valence-electron chi connectivity index (χ4n) is 2.62. The second-order valence-electron chi connectivity index (χ2n) is 5.62. The van der Waals surface area contributed by atoms with Gasteiger partial charge in [-0.05, 0) is 13.3 Å². The van der Waals surface area contributed by atoms with Crippen molar-refractivity contribution in [3.63, 3.8) is 0 Å². The van der Waals surface area contributed by atoms with Crippen LogP contribution in [0.15, 0.2) is 0 Å². The Bertz CT molecular complexity index is 303. The Morgan fingerprint density at radius 2 is 2.24 bits per heavy atom. The van der Waals surface area contributed by atoms with Crippen LogP contribution in [0, 0.1) is 10.8 Å². The van der Waals surface area contributed by atoms with Gasteiger partial charge in [0.1, 0.15) is 0 Å². The molecule has 2 fully saturated rings. The van der Waals surface area contributed by atoms with Gasteiger partial charge < -0.3 is 19.5 Å². The molecule has 1 amide bonds. The fraction of sp³-hybridized carbons (Fsp3) is 0.917. The van der Waals surface area contributed by atoms with Crippen molar-refractivity contribution in [3.8, 4) is 0 Å². The first-order valence-electron chi connectivity index (χ1n) is 6.02. The third-order valence-corrected chi connectivity index (χ3v) is 3.87. The summed E-state index contributed by atoms with van der Waals surface area (Å²) in [7, 11) is 1.63. The Labute approximate surface area is 102 Å². The molecule has 98 valence electrons. The van der Waals surface area contributed by atoms with Crippen molar-refractivity contribution in [2.24, 2.45) is 10.8 Å². The molecular formula is C12H21NO4. The molecule has 2 heterocycles. The van der Waals surface area contributed by atoms with Gasteiger partial charge in [0.05, 0.1) is 31.8 Å². The number of amides is 1. The molecule has 2 aliphatic rings. The number of likely N-dealkylation sites (tertiary alicyclic amines) is 1. The fourth-order valence-corrected chi connectivity index (χ4v) is 2.62. The molecule has 2 aliphatic heterocycles. The van der Waals surface area contributed by atoms with Crippen LogP contribution < -0.4 is 0 Å². The molecule has 1 unspecified atom stereocenters. The average Bonchev–Trinajstić information content (AvgIpc) is 2.70. The summed E-state index contributed by atoms with van der Waals surface area (Å²) in [5.74, 6) is 0.148. The van der Waals surface area contributed by atoms with E-state index in [2.05, 4.69) is 0 Å². The third-order valence-electron chi connectivity index (χ3n) is 3.87. The highest BCUT2D eigenvalue weighted by Gasteiger charge is 2.48. The Hall–Kier alpha value is -0.650. The van der Waals surface area contributed by atoms with Gasteiger partial charge in [0.25, 0.3) is 0 Å². The average molecular weight is 243 g/mol. The van der Waals surface area contributed by atoms with Crippen molar-refractivity contribution in [1.82, 2.24) is 4.90 Å². The number of rotatable bonds is 4. The summed E-state index contributed by atoms with van der Waals surface area (Å²) >= 11 is 0. The van der Waals surface area contributed by atoms with Crippen molar-refractivity contribution in [3.05, 3.63) is 0 Å². The number of hydrogen-bond donors (Lipinski definition) is 1. The normalized spacial score (nSPS) is 31.4. The quantitative estimate of drug-likeness (QED) is 0.748. The van der Waals surface area contributed by atoms with E-state index in [9.17, 15) is 9.90 Å². The predicted octanol–water partition coefficient (Wildman–Crippen LogP) is -0.120. The van der Waals surface area contributed by atoms with Crippen LogP contribution in [-0.2, 0) is 14.3 Å². The predicted molar refractivity (Wildman–Crippen MR) is 61.5 cm³/mol. The van der Waals surface area contributed by atoms with E-state index in [0.717, 1.165) is 6.42 Å². The number of ether oxygens (including phenoxy) is 2. The Balaban J connectivity index is 1.99. The second kappa shape index (κ2) is 4.55. The maximum absolute atomic E-state index is 12.3. The van der Waals surface area contributed by atoms with E-state index in [1.54, 1.807) is 7.11 Å². The summed E-state index contributed by atoms with van der Waals surface area (Å²) in [6.07, 6.45) is 0.806. The molecule has 17 heavy (non-hydrogen) atoms. The standard InChI is InChI=1S/C12H21NO4/c1-11(7-17-8-11)10(15)13-4-3-12(5-13,6-14)9-16-2/h14H,3-9H2,1-2H3. The summed E-state index contributed by atoms with van der Waals surface area (Å²) < 4.78 is 10.3. The molecule has 0 bridgehead atoms. The number of carbonyl (C=O) groups excluding carboxylic acids is 1. The van der Waals surface area contributed by atoms with Crippen LogP contribution in [0.5, 0.6) is 0 Å². The maximum Gasteiger partial charge on any atom is 0.233 e. The Morgan fingerprint density at radius 3 is 2.71 bits per heavy atom. The highest BCUT2D eigenvalue weighted by Crippen LogP contribution is 2.35. The Kier molecular flexibility index (Phi) is 3.43. The molecule has 0 aromatic carbocycles. The van der Waals surface area contributed by atoms with Gasteiger partial charge in [-0.1, -0.05) is 0 Å². The molecule has 0 aromatic rings. The molecule has 2 rings (SSSR count). The van der Waals surface area contributed by atoms with Gasteiger partial charge in [-0.15, -0.1) is 0 Å². The van der Waals surface area contributed by atoms with E-state index >= 15 is 0 Å². The molecule has 2 saturated heterocycles. The summed E-state index contributed by atoms with van der Waals surface area (Å²) in [5, 5.41) is 9.48.